The molecule has 2 aliphatic carbocycles. The summed E-state index contributed by atoms with van der Waals surface area (Å²) in [7, 11) is 5.07. The molecule has 2 atom stereocenters. The molecular formula is C16H17NO3. The van der Waals surface area contributed by atoms with E-state index in [9.17, 15) is 4.79 Å². The van der Waals surface area contributed by atoms with Gasteiger partial charge in [-0.2, -0.15) is 0 Å². The second kappa shape index (κ2) is 4.80. The van der Waals surface area contributed by atoms with Crippen LogP contribution in [0.2, 0.25) is 0 Å². The Kier molecular flexibility index (Phi) is 3.10. The number of ketones is 1. The van der Waals surface area contributed by atoms with Crippen molar-refractivity contribution < 1.29 is 14.3 Å². The highest BCUT2D eigenvalue weighted by Crippen LogP contribution is 2.36. The third-order valence-electron chi connectivity index (χ3n) is 3.91. The Labute approximate surface area is 118 Å². The maximum absolute atomic E-state index is 12.3. The molecule has 4 nitrogen and oxygen atoms in total. The normalized spacial score (nSPS) is 27.9. The summed E-state index contributed by atoms with van der Waals surface area (Å²) in [6.07, 6.45) is 11.5. The first-order valence-electron chi connectivity index (χ1n) is 6.54. The minimum atomic E-state index is -0.579. The van der Waals surface area contributed by atoms with Gasteiger partial charge in [-0.15, -0.1) is 0 Å². The Bertz CT molecular complexity index is 607. The lowest BCUT2D eigenvalue weighted by Gasteiger charge is -2.39. The standard InChI is InChI=1S/C16H17NO3/c1-17-12-7-5-4-6-10(12)8-11-13(17)9-14(19-2)15(18)16(11)20-3/h4-9,12,14H,1-3H3. The second-order valence-electron chi connectivity index (χ2n) is 4.96. The molecule has 104 valence electrons. The van der Waals surface area contributed by atoms with E-state index in [1.54, 1.807) is 0 Å². The van der Waals surface area contributed by atoms with Crippen LogP contribution in [0.25, 0.3) is 0 Å². The molecule has 4 heteroatoms. The minimum absolute atomic E-state index is 0.132. The van der Waals surface area contributed by atoms with Crippen molar-refractivity contribution in [3.05, 3.63) is 59.1 Å². The first kappa shape index (κ1) is 12.9. The lowest BCUT2D eigenvalue weighted by Crippen LogP contribution is -2.40. The van der Waals surface area contributed by atoms with Gasteiger partial charge in [0.25, 0.3) is 0 Å². The molecule has 0 aromatic heterocycles. The molecule has 0 aromatic rings. The number of ether oxygens (including phenoxy) is 2. The zero-order valence-electron chi connectivity index (χ0n) is 11.8. The number of allylic oxidation sites excluding steroid dienone is 3. The maximum atomic E-state index is 12.3. The number of methoxy groups -OCH3 is 2. The van der Waals surface area contributed by atoms with E-state index >= 15 is 0 Å². The second-order valence-corrected chi connectivity index (χ2v) is 4.96. The van der Waals surface area contributed by atoms with Crippen molar-refractivity contribution in [3.63, 3.8) is 0 Å². The lowest BCUT2D eigenvalue weighted by atomic mass is 9.87. The van der Waals surface area contributed by atoms with E-state index in [4.69, 9.17) is 9.47 Å². The van der Waals surface area contributed by atoms with Crippen LogP contribution in [0.5, 0.6) is 0 Å². The molecular weight excluding hydrogens is 254 g/mol. The molecule has 0 radical (unpaired) electrons. The fraction of sp³-hybridized carbons (Fsp3) is 0.312. The highest BCUT2D eigenvalue weighted by atomic mass is 16.5. The van der Waals surface area contributed by atoms with Crippen LogP contribution < -0.4 is 0 Å². The van der Waals surface area contributed by atoms with Crippen LogP contribution in [0.4, 0.5) is 0 Å². The third kappa shape index (κ3) is 1.76. The highest BCUT2D eigenvalue weighted by molar-refractivity contribution is 6.02. The fourth-order valence-electron chi connectivity index (χ4n) is 2.87. The number of carbonyl (C=O) groups excluding carboxylic acids is 1. The van der Waals surface area contributed by atoms with Crippen molar-refractivity contribution in [2.45, 2.75) is 12.1 Å². The third-order valence-corrected chi connectivity index (χ3v) is 3.91. The minimum Gasteiger partial charge on any atom is -0.492 e. The van der Waals surface area contributed by atoms with Crippen molar-refractivity contribution in [1.82, 2.24) is 4.90 Å². The Hall–Kier alpha value is -2.07. The maximum Gasteiger partial charge on any atom is 0.230 e. The number of hydrogen-bond donors (Lipinski definition) is 0. The lowest BCUT2D eigenvalue weighted by molar-refractivity contribution is -0.126. The predicted octanol–water partition coefficient (Wildman–Crippen LogP) is 1.73. The average Bonchev–Trinajstić information content (AvgIpc) is 2.47. The summed E-state index contributed by atoms with van der Waals surface area (Å²) in [5.74, 6) is 0.239. The summed E-state index contributed by atoms with van der Waals surface area (Å²) >= 11 is 0. The smallest absolute Gasteiger partial charge is 0.230 e. The number of likely N-dealkylation sites (N-methyl/N-ethyl adjacent to an activating group) is 1. The van der Waals surface area contributed by atoms with Gasteiger partial charge in [0.2, 0.25) is 5.78 Å². The van der Waals surface area contributed by atoms with Crippen molar-refractivity contribution >= 4 is 5.78 Å². The Morgan fingerprint density at radius 2 is 2.05 bits per heavy atom. The zero-order chi connectivity index (χ0) is 14.3. The van der Waals surface area contributed by atoms with Gasteiger partial charge < -0.3 is 14.4 Å². The molecule has 0 fully saturated rings. The van der Waals surface area contributed by atoms with E-state index in [-0.39, 0.29) is 11.8 Å². The Balaban J connectivity index is 2.17. The van der Waals surface area contributed by atoms with E-state index < -0.39 is 6.10 Å². The van der Waals surface area contributed by atoms with E-state index in [2.05, 4.69) is 17.1 Å². The molecule has 1 aliphatic heterocycles. The molecule has 0 N–H and O–H groups in total. The van der Waals surface area contributed by atoms with E-state index in [1.807, 2.05) is 31.4 Å². The van der Waals surface area contributed by atoms with Gasteiger partial charge in [-0.25, -0.2) is 0 Å². The predicted molar refractivity (Wildman–Crippen MR) is 75.8 cm³/mol. The molecule has 0 aromatic carbocycles. The van der Waals surface area contributed by atoms with Crippen molar-refractivity contribution in [2.75, 3.05) is 21.3 Å². The molecule has 0 spiro atoms. The highest BCUT2D eigenvalue weighted by Gasteiger charge is 2.36. The fourth-order valence-corrected chi connectivity index (χ4v) is 2.87. The number of nitrogens with zero attached hydrogens (tertiary/aromatic N) is 1. The summed E-state index contributed by atoms with van der Waals surface area (Å²) in [6.45, 7) is 0. The topological polar surface area (TPSA) is 38.8 Å². The van der Waals surface area contributed by atoms with Gasteiger partial charge in [0.05, 0.1) is 13.2 Å². The molecule has 0 saturated carbocycles. The molecule has 2 unspecified atom stereocenters. The van der Waals surface area contributed by atoms with Gasteiger partial charge in [-0.3, -0.25) is 4.79 Å². The van der Waals surface area contributed by atoms with Crippen LogP contribution in [-0.4, -0.2) is 44.1 Å². The SMILES string of the molecule is COC1=C2C=C3C=CC=CC3N(C)C2=CC(OC)C1=O. The summed E-state index contributed by atoms with van der Waals surface area (Å²) in [6, 6.07) is 0.193. The van der Waals surface area contributed by atoms with Gasteiger partial charge in [0, 0.05) is 25.4 Å². The Morgan fingerprint density at radius 1 is 1.25 bits per heavy atom. The van der Waals surface area contributed by atoms with Crippen LogP contribution >= 0.6 is 0 Å². The first-order chi connectivity index (χ1) is 9.67. The monoisotopic (exact) mass is 271 g/mol. The van der Waals surface area contributed by atoms with Crippen LogP contribution in [-0.2, 0) is 14.3 Å². The largest absolute Gasteiger partial charge is 0.492 e. The summed E-state index contributed by atoms with van der Waals surface area (Å²) < 4.78 is 10.6. The van der Waals surface area contributed by atoms with E-state index in [1.165, 1.54) is 14.2 Å². The van der Waals surface area contributed by atoms with Gasteiger partial charge in [-0.1, -0.05) is 24.3 Å². The van der Waals surface area contributed by atoms with Crippen molar-refractivity contribution in [1.29, 1.82) is 0 Å². The summed E-state index contributed by atoms with van der Waals surface area (Å²) in [5.41, 5.74) is 2.96. The van der Waals surface area contributed by atoms with Crippen LogP contribution in [0, 0.1) is 0 Å². The van der Waals surface area contributed by atoms with Gasteiger partial charge in [0.1, 0.15) is 6.10 Å². The number of rotatable bonds is 2. The number of carbonyl (C=O) groups is 1. The number of fused-ring (bicyclic) bond motifs is 2. The van der Waals surface area contributed by atoms with E-state index in [0.29, 0.717) is 5.76 Å². The molecule has 3 rings (SSSR count). The zero-order valence-corrected chi connectivity index (χ0v) is 11.8. The summed E-state index contributed by atoms with van der Waals surface area (Å²) in [5, 5.41) is 0. The first-order valence-corrected chi connectivity index (χ1v) is 6.54. The van der Waals surface area contributed by atoms with Crippen molar-refractivity contribution in [2.24, 2.45) is 0 Å². The number of Topliss-reactive ketones (excluding diaryl/α,β-unsaturated/α-hetero) is 1. The van der Waals surface area contributed by atoms with Crippen LogP contribution in [0.15, 0.2) is 59.1 Å². The van der Waals surface area contributed by atoms with Crippen LogP contribution in [0.3, 0.4) is 0 Å². The molecule has 1 heterocycles. The summed E-state index contributed by atoms with van der Waals surface area (Å²) in [4.78, 5) is 14.4. The molecule has 3 aliphatic rings. The Morgan fingerprint density at radius 3 is 2.75 bits per heavy atom. The van der Waals surface area contributed by atoms with Gasteiger partial charge in [-0.05, 0) is 17.7 Å². The molecule has 0 saturated heterocycles. The van der Waals surface area contributed by atoms with E-state index in [0.717, 1.165) is 16.8 Å². The van der Waals surface area contributed by atoms with Crippen molar-refractivity contribution in [3.8, 4) is 0 Å². The molecule has 0 bridgehead atoms. The van der Waals surface area contributed by atoms with Gasteiger partial charge >= 0.3 is 0 Å². The number of hydrogen-bond acceptors (Lipinski definition) is 4. The molecule has 20 heavy (non-hydrogen) atoms. The van der Waals surface area contributed by atoms with Crippen LogP contribution in [0.1, 0.15) is 0 Å². The average molecular weight is 271 g/mol. The van der Waals surface area contributed by atoms with Gasteiger partial charge in [0.15, 0.2) is 5.76 Å². The molecule has 0 amide bonds. The quantitative estimate of drug-likeness (QED) is 0.767.